The number of hydrogen-bond donors (Lipinski definition) is 0. The molecule has 2 rings (SSSR count). The Bertz CT molecular complexity index is 625. The van der Waals surface area contributed by atoms with Gasteiger partial charge in [0, 0.05) is 12.7 Å². The largest absolute Gasteiger partial charge is 0.344 e. The van der Waals surface area contributed by atoms with Crippen molar-refractivity contribution in [2.75, 3.05) is 6.54 Å². The van der Waals surface area contributed by atoms with Gasteiger partial charge in [-0.1, -0.05) is 0 Å². The van der Waals surface area contributed by atoms with Crippen LogP contribution in [-0.2, 0) is 0 Å². The first-order valence-corrected chi connectivity index (χ1v) is 6.10. The van der Waals surface area contributed by atoms with E-state index in [0.717, 1.165) is 11.3 Å². The summed E-state index contributed by atoms with van der Waals surface area (Å²) in [7, 11) is 0. The van der Waals surface area contributed by atoms with Gasteiger partial charge in [0.2, 0.25) is 6.17 Å². The molecule has 8 nitrogen and oxygen atoms in total. The molecule has 0 saturated carbocycles. The van der Waals surface area contributed by atoms with Crippen LogP contribution in [0.1, 0.15) is 11.9 Å². The third kappa shape index (κ3) is 2.07. The Balaban J connectivity index is 2.40. The van der Waals surface area contributed by atoms with Crippen LogP contribution < -0.4 is 0 Å². The molecule has 19 heavy (non-hydrogen) atoms. The molecule has 1 unspecified atom stereocenters. The lowest BCUT2D eigenvalue weighted by molar-refractivity contribution is -0.380. The van der Waals surface area contributed by atoms with E-state index in [1.807, 2.05) is 19.2 Å². The van der Waals surface area contributed by atoms with Gasteiger partial charge in [-0.3, -0.25) is 10.1 Å². The lowest BCUT2D eigenvalue weighted by Gasteiger charge is -2.23. The lowest BCUT2D eigenvalue weighted by atomic mass is 10.4. The minimum absolute atomic E-state index is 0.0733. The van der Waals surface area contributed by atoms with Gasteiger partial charge in [0.05, 0.1) is 10.6 Å². The molecule has 0 radical (unpaired) electrons. The van der Waals surface area contributed by atoms with E-state index >= 15 is 0 Å². The number of aromatic nitrogens is 1. The first kappa shape index (κ1) is 12.8. The standard InChI is InChI=1S/C10H8N6O2S/c1-2-15-7(5-14(6-12)8(15)3-11)10-13-4-9(19-10)16(17)18/h4-5,8H,2H2,1H3. The Morgan fingerprint density at radius 3 is 2.84 bits per heavy atom. The van der Waals surface area contributed by atoms with E-state index in [4.69, 9.17) is 10.5 Å². The molecular formula is C10H8N6O2S. The molecular weight excluding hydrogens is 268 g/mol. The van der Waals surface area contributed by atoms with Gasteiger partial charge in [-0.2, -0.15) is 10.5 Å². The van der Waals surface area contributed by atoms with Crippen molar-refractivity contribution in [3.63, 3.8) is 0 Å². The highest BCUT2D eigenvalue weighted by atomic mass is 32.1. The number of hydrogen-bond acceptors (Lipinski definition) is 8. The molecule has 0 saturated heterocycles. The van der Waals surface area contributed by atoms with Crippen molar-refractivity contribution in [1.82, 2.24) is 14.8 Å². The average molecular weight is 276 g/mol. The van der Waals surface area contributed by atoms with E-state index in [1.54, 1.807) is 4.90 Å². The number of rotatable bonds is 3. The maximum atomic E-state index is 10.6. The SMILES string of the molecule is CCN1C(c2ncc([N+](=O)[O-])s2)=CN(C#N)C1C#N. The van der Waals surface area contributed by atoms with Gasteiger partial charge in [0.15, 0.2) is 6.19 Å². The molecule has 2 heterocycles. The average Bonchev–Trinajstić information content (AvgIpc) is 3.01. The summed E-state index contributed by atoms with van der Waals surface area (Å²) < 4.78 is 0. The quantitative estimate of drug-likeness (QED) is 0.465. The third-order valence-electron chi connectivity index (χ3n) is 2.59. The van der Waals surface area contributed by atoms with Crippen LogP contribution in [0.3, 0.4) is 0 Å². The zero-order valence-corrected chi connectivity index (χ0v) is 10.7. The second-order valence-electron chi connectivity index (χ2n) is 3.57. The molecule has 1 aliphatic heterocycles. The molecule has 1 aromatic heterocycles. The minimum atomic E-state index is -0.729. The van der Waals surface area contributed by atoms with Crippen LogP contribution in [0.2, 0.25) is 0 Å². The second kappa shape index (κ2) is 4.92. The van der Waals surface area contributed by atoms with Gasteiger partial charge in [-0.05, 0) is 18.3 Å². The van der Waals surface area contributed by atoms with Crippen LogP contribution in [0, 0.1) is 32.9 Å². The summed E-state index contributed by atoms with van der Waals surface area (Å²) in [6.45, 7) is 2.33. The van der Waals surface area contributed by atoms with Gasteiger partial charge in [-0.15, -0.1) is 0 Å². The first-order valence-electron chi connectivity index (χ1n) is 5.29. The minimum Gasteiger partial charge on any atom is -0.335 e. The van der Waals surface area contributed by atoms with Crippen LogP contribution in [0.15, 0.2) is 12.4 Å². The molecule has 0 N–H and O–H groups in total. The fourth-order valence-electron chi connectivity index (χ4n) is 1.76. The fraction of sp³-hybridized carbons (Fsp3) is 0.300. The highest BCUT2D eigenvalue weighted by Gasteiger charge is 2.34. The van der Waals surface area contributed by atoms with Crippen molar-refractivity contribution in [2.24, 2.45) is 0 Å². The number of nitrogens with zero attached hydrogens (tertiary/aromatic N) is 6. The van der Waals surface area contributed by atoms with Gasteiger partial charge in [-0.25, -0.2) is 9.88 Å². The van der Waals surface area contributed by atoms with E-state index in [1.165, 1.54) is 17.3 Å². The maximum absolute atomic E-state index is 10.6. The summed E-state index contributed by atoms with van der Waals surface area (Å²) in [6.07, 6.45) is 3.82. The summed E-state index contributed by atoms with van der Waals surface area (Å²) in [6, 6.07) is 2.02. The molecule has 0 aliphatic carbocycles. The zero-order chi connectivity index (χ0) is 14.0. The van der Waals surface area contributed by atoms with E-state index in [9.17, 15) is 10.1 Å². The fourth-order valence-corrected chi connectivity index (χ4v) is 2.52. The molecule has 1 atom stereocenters. The van der Waals surface area contributed by atoms with Crippen LogP contribution in [0.5, 0.6) is 0 Å². The van der Waals surface area contributed by atoms with Gasteiger partial charge in [0.25, 0.3) is 0 Å². The third-order valence-corrected chi connectivity index (χ3v) is 3.57. The predicted octanol–water partition coefficient (Wildman–Crippen LogP) is 1.32. The van der Waals surface area contributed by atoms with Crippen LogP contribution >= 0.6 is 11.3 Å². The number of nitro groups is 1. The topological polar surface area (TPSA) is 110 Å². The normalized spacial score (nSPS) is 17.8. The Morgan fingerprint density at radius 1 is 1.63 bits per heavy atom. The second-order valence-corrected chi connectivity index (χ2v) is 4.58. The predicted molar refractivity (Wildman–Crippen MR) is 66.0 cm³/mol. The van der Waals surface area contributed by atoms with Crippen molar-refractivity contribution in [3.05, 3.63) is 27.5 Å². The number of nitriles is 2. The lowest BCUT2D eigenvalue weighted by Crippen LogP contribution is -2.35. The molecule has 0 amide bonds. The summed E-state index contributed by atoms with van der Waals surface area (Å²) in [5, 5.41) is 29.0. The summed E-state index contributed by atoms with van der Waals surface area (Å²) >= 11 is 0.917. The Kier molecular flexibility index (Phi) is 3.31. The van der Waals surface area contributed by atoms with Crippen LogP contribution in [0.25, 0.3) is 5.70 Å². The van der Waals surface area contributed by atoms with E-state index in [-0.39, 0.29) is 5.00 Å². The Hall–Kier alpha value is -2.65. The van der Waals surface area contributed by atoms with Crippen molar-refractivity contribution in [2.45, 2.75) is 13.1 Å². The highest BCUT2D eigenvalue weighted by Crippen LogP contribution is 2.34. The van der Waals surface area contributed by atoms with E-state index in [2.05, 4.69) is 4.98 Å². The molecule has 0 fully saturated rings. The Labute approximate surface area is 112 Å². The molecule has 9 heteroatoms. The molecule has 1 aliphatic rings. The van der Waals surface area contributed by atoms with Crippen molar-refractivity contribution < 1.29 is 4.92 Å². The van der Waals surface area contributed by atoms with Crippen molar-refractivity contribution >= 4 is 22.0 Å². The molecule has 1 aromatic rings. The van der Waals surface area contributed by atoms with E-state index in [0.29, 0.717) is 17.2 Å². The first-order chi connectivity index (χ1) is 9.12. The van der Waals surface area contributed by atoms with Gasteiger partial charge >= 0.3 is 5.00 Å². The maximum Gasteiger partial charge on any atom is 0.344 e. The Morgan fingerprint density at radius 2 is 2.37 bits per heavy atom. The van der Waals surface area contributed by atoms with Crippen molar-refractivity contribution in [3.8, 4) is 12.3 Å². The molecule has 0 bridgehead atoms. The summed E-state index contributed by atoms with van der Waals surface area (Å²) in [5.41, 5.74) is 0.550. The van der Waals surface area contributed by atoms with Gasteiger partial charge < -0.3 is 4.90 Å². The molecule has 0 aromatic carbocycles. The summed E-state index contributed by atoms with van der Waals surface area (Å²) in [5.74, 6) is 0. The van der Waals surface area contributed by atoms with E-state index < -0.39 is 11.1 Å². The smallest absolute Gasteiger partial charge is 0.335 e. The molecule has 0 spiro atoms. The van der Waals surface area contributed by atoms with Crippen LogP contribution in [0.4, 0.5) is 5.00 Å². The summed E-state index contributed by atoms with van der Waals surface area (Å²) in [4.78, 5) is 17.0. The zero-order valence-electron chi connectivity index (χ0n) is 9.85. The molecule has 96 valence electrons. The monoisotopic (exact) mass is 276 g/mol. The highest BCUT2D eigenvalue weighted by molar-refractivity contribution is 7.15. The van der Waals surface area contributed by atoms with Crippen molar-refractivity contribution in [1.29, 1.82) is 10.5 Å². The van der Waals surface area contributed by atoms with Gasteiger partial charge in [0.1, 0.15) is 17.3 Å². The number of thiazole rings is 1. The van der Waals surface area contributed by atoms with Crippen LogP contribution in [-0.4, -0.2) is 32.4 Å².